The number of rotatable bonds is 14. The second-order valence-corrected chi connectivity index (χ2v) is 19.5. The number of benzene rings is 1. The molecule has 0 spiro atoms. The first kappa shape index (κ1) is 42.6. The van der Waals surface area contributed by atoms with Gasteiger partial charge in [-0.3, -0.25) is 9.59 Å². The number of carbonyl (C=O) groups excluding carboxylic acids is 2. The number of aryl methyl sites for hydroxylation is 2. The fraction of sp³-hybridized carbons (Fsp3) is 0.474. The first-order valence-electron chi connectivity index (χ1n) is 18.9. The van der Waals surface area contributed by atoms with Crippen LogP contribution >= 0.6 is 11.6 Å². The standard InChI is InChI=1S/C23H29N5O5S.C15H19ClN4O3S/c1-32-18-7-4-6-17(20(18)33-2)28-22-19-15-12-14(23(29)24-10-5-11-34(3,30)31)8-9-16(15)27-21(19)25-13-26-22;1-24(22,23)6-2-5-17-15(21)9-3-4-11-10(7-9)12-13(16)18-8-19-14(12)20-11/h4,6-7,13-14H,5,8-12H2,1-3H3,(H,24,29)(H2,25,26,27,28);8-9H,2-7H2,1H3,(H,17,21)(H,18,19,20). The number of sulfone groups is 2. The molecule has 2 aliphatic rings. The maximum Gasteiger partial charge on any atom is 0.223 e. The predicted octanol–water partition coefficient (Wildman–Crippen LogP) is 3.64. The Morgan fingerprint density at radius 1 is 0.776 bits per heavy atom. The van der Waals surface area contributed by atoms with Crippen LogP contribution in [0.15, 0.2) is 30.9 Å². The number of hydrogen-bond acceptors (Lipinski definition) is 13. The lowest BCUT2D eigenvalue weighted by Crippen LogP contribution is -2.35. The summed E-state index contributed by atoms with van der Waals surface area (Å²) in [6.45, 7) is 0.710. The van der Waals surface area contributed by atoms with Crippen LogP contribution in [0.2, 0.25) is 5.15 Å². The van der Waals surface area contributed by atoms with Gasteiger partial charge in [-0.2, -0.15) is 0 Å². The van der Waals surface area contributed by atoms with Crippen molar-refractivity contribution in [1.29, 1.82) is 0 Å². The third kappa shape index (κ3) is 10.3. The molecule has 4 heterocycles. The quantitative estimate of drug-likeness (QED) is 0.0793. The van der Waals surface area contributed by atoms with Gasteiger partial charge in [0.2, 0.25) is 11.8 Å². The van der Waals surface area contributed by atoms with E-state index < -0.39 is 19.7 Å². The first-order valence-corrected chi connectivity index (χ1v) is 23.4. The highest BCUT2D eigenvalue weighted by Crippen LogP contribution is 2.40. The molecular formula is C38H48ClN9O8S2. The third-order valence-corrected chi connectivity index (χ3v) is 12.6. The van der Waals surface area contributed by atoms with Gasteiger partial charge in [0.15, 0.2) is 11.5 Å². The number of anilines is 2. The van der Waals surface area contributed by atoms with E-state index in [0.717, 1.165) is 52.5 Å². The number of halogens is 1. The van der Waals surface area contributed by atoms with E-state index in [2.05, 4.69) is 45.9 Å². The van der Waals surface area contributed by atoms with Gasteiger partial charge in [0.25, 0.3) is 0 Å². The van der Waals surface area contributed by atoms with Gasteiger partial charge in [-0.25, -0.2) is 36.8 Å². The predicted molar refractivity (Wildman–Crippen MR) is 221 cm³/mol. The summed E-state index contributed by atoms with van der Waals surface area (Å²) in [5.41, 5.74) is 6.26. The molecule has 2 atom stereocenters. The molecule has 4 aromatic heterocycles. The summed E-state index contributed by atoms with van der Waals surface area (Å²) in [5, 5.41) is 11.1. The fourth-order valence-electron chi connectivity index (χ4n) is 7.48. The number of carbonyl (C=O) groups is 2. The van der Waals surface area contributed by atoms with Crippen LogP contribution in [0, 0.1) is 11.8 Å². The molecule has 0 bridgehead atoms. The first-order chi connectivity index (χ1) is 27.7. The molecule has 5 aromatic rings. The minimum atomic E-state index is -3.04. The lowest BCUT2D eigenvalue weighted by Gasteiger charge is -2.22. The van der Waals surface area contributed by atoms with Crippen molar-refractivity contribution in [3.05, 3.63) is 58.5 Å². The average Bonchev–Trinajstić information content (AvgIpc) is 3.76. The smallest absolute Gasteiger partial charge is 0.223 e. The molecule has 2 amide bonds. The zero-order valence-corrected chi connectivity index (χ0v) is 35.2. The summed E-state index contributed by atoms with van der Waals surface area (Å²) < 4.78 is 55.7. The number of H-pyrrole nitrogens is 2. The van der Waals surface area contributed by atoms with E-state index in [4.69, 9.17) is 21.1 Å². The summed E-state index contributed by atoms with van der Waals surface area (Å²) in [7, 11) is -2.87. The van der Waals surface area contributed by atoms with Crippen molar-refractivity contribution < 1.29 is 35.9 Å². The summed E-state index contributed by atoms with van der Waals surface area (Å²) >= 11 is 6.18. The number of aromatic amines is 2. The van der Waals surface area contributed by atoms with Gasteiger partial charge in [-0.05, 0) is 74.6 Å². The molecular weight excluding hydrogens is 810 g/mol. The lowest BCUT2D eigenvalue weighted by molar-refractivity contribution is -0.126. The molecule has 2 aliphatic carbocycles. The van der Waals surface area contributed by atoms with Crippen molar-refractivity contribution >= 4 is 76.7 Å². The number of ether oxygens (including phenoxy) is 2. The number of nitrogens with one attached hydrogen (secondary N) is 5. The number of amides is 2. The minimum absolute atomic E-state index is 0.0449. The highest BCUT2D eigenvalue weighted by molar-refractivity contribution is 7.90. The molecule has 2 unspecified atom stereocenters. The number of nitrogens with zero attached hydrogens (tertiary/aromatic N) is 4. The fourth-order valence-corrected chi connectivity index (χ4v) is 9.06. The van der Waals surface area contributed by atoms with E-state index in [1.54, 1.807) is 14.2 Å². The monoisotopic (exact) mass is 857 g/mol. The molecule has 312 valence electrons. The average molecular weight is 858 g/mol. The van der Waals surface area contributed by atoms with Crippen molar-refractivity contribution in [3.63, 3.8) is 0 Å². The highest BCUT2D eigenvalue weighted by Gasteiger charge is 2.30. The zero-order chi connectivity index (χ0) is 41.6. The molecule has 0 fully saturated rings. The number of methoxy groups -OCH3 is 2. The number of hydrogen-bond donors (Lipinski definition) is 5. The van der Waals surface area contributed by atoms with Crippen molar-refractivity contribution in [1.82, 2.24) is 40.5 Å². The lowest BCUT2D eigenvalue weighted by atomic mass is 9.86. The Hall–Kier alpha value is -5.01. The van der Waals surface area contributed by atoms with E-state index in [-0.39, 0.29) is 35.2 Å². The molecule has 5 N–H and O–H groups in total. The van der Waals surface area contributed by atoms with Gasteiger partial charge in [-0.15, -0.1) is 0 Å². The number of aromatic nitrogens is 6. The van der Waals surface area contributed by atoms with E-state index in [1.807, 2.05) is 18.2 Å². The molecule has 0 saturated carbocycles. The van der Waals surface area contributed by atoms with Crippen LogP contribution in [-0.4, -0.2) is 110 Å². The number of para-hydroxylation sites is 1. The summed E-state index contributed by atoms with van der Waals surface area (Å²) in [6.07, 6.45) is 10.2. The molecule has 0 radical (unpaired) electrons. The zero-order valence-electron chi connectivity index (χ0n) is 32.8. The summed E-state index contributed by atoms with van der Waals surface area (Å²) in [6, 6.07) is 5.55. The van der Waals surface area contributed by atoms with Crippen LogP contribution in [0.5, 0.6) is 11.5 Å². The second-order valence-electron chi connectivity index (χ2n) is 14.6. The van der Waals surface area contributed by atoms with Gasteiger partial charge in [0.05, 0.1) is 42.2 Å². The SMILES string of the molecule is COc1cccc(Nc2ncnc3[nH]c4c(c23)CC(C(=O)NCCCS(C)(=O)=O)CC4)c1OC.CS(=O)(=O)CCCNC(=O)C1CCc2[nH]c3ncnc(Cl)c3c2C1. The third-order valence-electron chi connectivity index (χ3n) is 10.3. The Morgan fingerprint density at radius 3 is 1.84 bits per heavy atom. The molecule has 0 saturated heterocycles. The van der Waals surface area contributed by atoms with Gasteiger partial charge in [0, 0.05) is 48.8 Å². The normalized spacial score (nSPS) is 16.4. The minimum Gasteiger partial charge on any atom is -0.493 e. The summed E-state index contributed by atoms with van der Waals surface area (Å²) in [4.78, 5) is 48.8. The Balaban J connectivity index is 0.000000208. The Bertz CT molecular complexity index is 2530. The van der Waals surface area contributed by atoms with E-state index in [9.17, 15) is 26.4 Å². The maximum absolute atomic E-state index is 12.8. The van der Waals surface area contributed by atoms with E-state index in [1.165, 1.54) is 25.2 Å². The van der Waals surface area contributed by atoms with Crippen molar-refractivity contribution in [2.24, 2.45) is 11.8 Å². The van der Waals surface area contributed by atoms with Crippen LogP contribution in [0.3, 0.4) is 0 Å². The second kappa shape index (κ2) is 18.3. The number of fused-ring (bicyclic) bond motifs is 6. The summed E-state index contributed by atoms with van der Waals surface area (Å²) in [5.74, 6) is 1.46. The molecule has 58 heavy (non-hydrogen) atoms. The van der Waals surface area contributed by atoms with Crippen molar-refractivity contribution in [2.45, 2.75) is 51.4 Å². The van der Waals surface area contributed by atoms with Crippen LogP contribution < -0.4 is 25.4 Å². The van der Waals surface area contributed by atoms with E-state index >= 15 is 0 Å². The molecule has 0 aliphatic heterocycles. The van der Waals surface area contributed by atoms with Gasteiger partial charge in [0.1, 0.15) is 54.6 Å². The van der Waals surface area contributed by atoms with Crippen LogP contribution in [-0.2, 0) is 54.9 Å². The molecule has 20 heteroatoms. The van der Waals surface area contributed by atoms with Crippen LogP contribution in [0.4, 0.5) is 11.5 Å². The van der Waals surface area contributed by atoms with Gasteiger partial charge < -0.3 is 35.4 Å². The highest BCUT2D eigenvalue weighted by atomic mass is 35.5. The van der Waals surface area contributed by atoms with Crippen molar-refractivity contribution in [3.8, 4) is 11.5 Å². The van der Waals surface area contributed by atoms with Crippen molar-refractivity contribution in [2.75, 3.05) is 56.6 Å². The topological polar surface area (TPSA) is 240 Å². The largest absolute Gasteiger partial charge is 0.493 e. The Morgan fingerprint density at radius 2 is 1.31 bits per heavy atom. The maximum atomic E-state index is 12.8. The molecule has 7 rings (SSSR count). The van der Waals surface area contributed by atoms with E-state index in [0.29, 0.717) is 84.6 Å². The molecule has 17 nitrogen and oxygen atoms in total. The van der Waals surface area contributed by atoms with Crippen LogP contribution in [0.1, 0.15) is 48.2 Å². The molecule has 1 aromatic carbocycles. The van der Waals surface area contributed by atoms with Gasteiger partial charge >= 0.3 is 0 Å². The van der Waals surface area contributed by atoms with Crippen LogP contribution in [0.25, 0.3) is 22.1 Å². The Labute approximate surface area is 341 Å². The van der Waals surface area contributed by atoms with Gasteiger partial charge in [-0.1, -0.05) is 17.7 Å². The Kier molecular flexibility index (Phi) is 13.4.